The Morgan fingerprint density at radius 1 is 1.40 bits per heavy atom. The minimum Gasteiger partial charge on any atom is -0.337 e. The summed E-state index contributed by atoms with van der Waals surface area (Å²) in [6.45, 7) is 9.59. The van der Waals surface area contributed by atoms with Gasteiger partial charge in [0.25, 0.3) is 0 Å². The van der Waals surface area contributed by atoms with Crippen LogP contribution in [0.1, 0.15) is 31.9 Å². The molecule has 0 aliphatic carbocycles. The highest BCUT2D eigenvalue weighted by Gasteiger charge is 2.30. The number of tetrazole rings is 1. The molecule has 0 saturated heterocycles. The van der Waals surface area contributed by atoms with Crippen molar-refractivity contribution in [1.29, 1.82) is 5.26 Å². The van der Waals surface area contributed by atoms with Gasteiger partial charge < -0.3 is 5.32 Å². The van der Waals surface area contributed by atoms with Crippen LogP contribution in [0, 0.1) is 31.1 Å². The number of aryl methyl sites for hydroxylation is 2. The van der Waals surface area contributed by atoms with Crippen molar-refractivity contribution in [2.45, 2.75) is 45.3 Å². The van der Waals surface area contributed by atoms with Gasteiger partial charge in [-0.2, -0.15) is 9.94 Å². The monoisotopic (exact) mass is 358 g/mol. The summed E-state index contributed by atoms with van der Waals surface area (Å²) in [7, 11) is 0. The molecule has 25 heavy (non-hydrogen) atoms. The number of rotatable bonds is 6. The number of hydrogen-bond donors (Lipinski definition) is 1. The lowest BCUT2D eigenvalue weighted by Gasteiger charge is -2.27. The van der Waals surface area contributed by atoms with E-state index in [0.29, 0.717) is 5.16 Å². The fourth-order valence-electron chi connectivity index (χ4n) is 2.05. The zero-order valence-corrected chi connectivity index (χ0v) is 15.9. The molecule has 1 heterocycles. The van der Waals surface area contributed by atoms with E-state index >= 15 is 0 Å². The van der Waals surface area contributed by atoms with E-state index < -0.39 is 5.54 Å². The Balaban J connectivity index is 2.08. The molecule has 1 aromatic heterocycles. The minimum atomic E-state index is -0.891. The molecule has 7 nitrogen and oxygen atoms in total. The number of aromatic nitrogens is 4. The topological polar surface area (TPSA) is 96.5 Å². The van der Waals surface area contributed by atoms with Gasteiger partial charge in [0.15, 0.2) is 0 Å². The van der Waals surface area contributed by atoms with E-state index in [1.165, 1.54) is 17.3 Å². The maximum atomic E-state index is 12.2. The standard InChI is InChI=1S/C17H22N6OS/c1-11(2)17(5,10-18)19-15(24)9-25-16-20-21-22-23(16)14-7-6-12(3)13(4)8-14/h6-8,11H,9H2,1-5H3,(H,19,24)/t17-/m1/s1. The number of carbonyl (C=O) groups is 1. The summed E-state index contributed by atoms with van der Waals surface area (Å²) < 4.78 is 1.61. The Kier molecular flexibility index (Phi) is 5.80. The quantitative estimate of drug-likeness (QED) is 0.797. The minimum absolute atomic E-state index is 0.00676. The maximum Gasteiger partial charge on any atom is 0.231 e. The Hall–Kier alpha value is -2.40. The van der Waals surface area contributed by atoms with Crippen LogP contribution in [0.4, 0.5) is 0 Å². The van der Waals surface area contributed by atoms with Crippen molar-refractivity contribution in [2.24, 2.45) is 5.92 Å². The highest BCUT2D eigenvalue weighted by Crippen LogP contribution is 2.21. The van der Waals surface area contributed by atoms with Crippen molar-refractivity contribution in [1.82, 2.24) is 25.5 Å². The lowest BCUT2D eigenvalue weighted by molar-refractivity contribution is -0.120. The van der Waals surface area contributed by atoms with E-state index in [4.69, 9.17) is 0 Å². The molecule has 0 unspecified atom stereocenters. The molecule has 1 N–H and O–H groups in total. The molecule has 132 valence electrons. The van der Waals surface area contributed by atoms with Crippen molar-refractivity contribution in [3.05, 3.63) is 29.3 Å². The summed E-state index contributed by atoms with van der Waals surface area (Å²) in [5.41, 5.74) is 2.29. The normalized spacial score (nSPS) is 13.3. The third-order valence-corrected chi connectivity index (χ3v) is 5.21. The van der Waals surface area contributed by atoms with Crippen LogP contribution in [0.3, 0.4) is 0 Å². The molecule has 0 saturated carbocycles. The number of amides is 1. The molecule has 2 aromatic rings. The van der Waals surface area contributed by atoms with Gasteiger partial charge in [0.2, 0.25) is 11.1 Å². The average Bonchev–Trinajstić information content (AvgIpc) is 3.03. The van der Waals surface area contributed by atoms with E-state index in [9.17, 15) is 10.1 Å². The van der Waals surface area contributed by atoms with E-state index in [0.717, 1.165) is 11.3 Å². The first-order chi connectivity index (χ1) is 11.8. The number of thioether (sulfide) groups is 1. The smallest absolute Gasteiger partial charge is 0.231 e. The van der Waals surface area contributed by atoms with Crippen molar-refractivity contribution >= 4 is 17.7 Å². The number of carbonyl (C=O) groups excluding carboxylic acids is 1. The van der Waals surface area contributed by atoms with Crippen LogP contribution >= 0.6 is 11.8 Å². The first-order valence-corrected chi connectivity index (χ1v) is 8.96. The van der Waals surface area contributed by atoms with Crippen LogP contribution in [-0.4, -0.2) is 37.4 Å². The highest BCUT2D eigenvalue weighted by atomic mass is 32.2. The first-order valence-electron chi connectivity index (χ1n) is 7.98. The Morgan fingerprint density at radius 3 is 2.72 bits per heavy atom. The molecule has 1 atom stereocenters. The predicted molar refractivity (Wildman–Crippen MR) is 96.4 cm³/mol. The molecule has 1 aromatic carbocycles. The molecule has 0 aliphatic heterocycles. The second kappa shape index (κ2) is 7.66. The van der Waals surface area contributed by atoms with Gasteiger partial charge in [0, 0.05) is 0 Å². The molecular formula is C17H22N6OS. The fourth-order valence-corrected chi connectivity index (χ4v) is 2.74. The molecule has 0 radical (unpaired) electrons. The van der Waals surface area contributed by atoms with Crippen LogP contribution in [-0.2, 0) is 4.79 Å². The molecule has 2 rings (SSSR count). The second-order valence-electron chi connectivity index (χ2n) is 6.45. The SMILES string of the molecule is Cc1ccc(-n2nnnc2SCC(=O)N[C@](C)(C#N)C(C)C)cc1C. The largest absolute Gasteiger partial charge is 0.337 e. The van der Waals surface area contributed by atoms with Gasteiger partial charge in [0.05, 0.1) is 17.5 Å². The van der Waals surface area contributed by atoms with Crippen LogP contribution < -0.4 is 5.32 Å². The predicted octanol–water partition coefficient (Wildman–Crippen LogP) is 2.43. The van der Waals surface area contributed by atoms with Gasteiger partial charge in [-0.25, -0.2) is 0 Å². The zero-order valence-electron chi connectivity index (χ0n) is 15.1. The number of hydrogen-bond acceptors (Lipinski definition) is 6. The second-order valence-corrected chi connectivity index (χ2v) is 7.39. The summed E-state index contributed by atoms with van der Waals surface area (Å²) in [5.74, 6) is -0.0837. The first kappa shape index (κ1) is 18.9. The van der Waals surface area contributed by atoms with Crippen molar-refractivity contribution in [3.8, 4) is 11.8 Å². The Bertz CT molecular complexity index is 810. The van der Waals surface area contributed by atoms with Crippen molar-refractivity contribution in [3.63, 3.8) is 0 Å². The molecule has 0 aliphatic rings. The van der Waals surface area contributed by atoms with Crippen molar-refractivity contribution in [2.75, 3.05) is 5.75 Å². The molecular weight excluding hydrogens is 336 g/mol. The van der Waals surface area contributed by atoms with E-state index in [-0.39, 0.29) is 17.6 Å². The van der Waals surface area contributed by atoms with Gasteiger partial charge in [-0.05, 0) is 60.4 Å². The average molecular weight is 358 g/mol. The van der Waals surface area contributed by atoms with Gasteiger partial charge in [-0.15, -0.1) is 5.10 Å². The summed E-state index contributed by atoms with van der Waals surface area (Å²) >= 11 is 1.24. The van der Waals surface area contributed by atoms with Crippen LogP contribution in [0.15, 0.2) is 23.4 Å². The van der Waals surface area contributed by atoms with E-state index in [1.807, 2.05) is 45.9 Å². The zero-order chi connectivity index (χ0) is 18.6. The summed E-state index contributed by atoms with van der Waals surface area (Å²) in [4.78, 5) is 12.2. The van der Waals surface area contributed by atoms with E-state index in [2.05, 4.69) is 26.9 Å². The summed E-state index contributed by atoms with van der Waals surface area (Å²) in [6.07, 6.45) is 0. The molecule has 0 fully saturated rings. The Labute approximate surface area is 151 Å². The summed E-state index contributed by atoms with van der Waals surface area (Å²) in [6, 6.07) is 8.11. The number of nitrogens with zero attached hydrogens (tertiary/aromatic N) is 5. The van der Waals surface area contributed by atoms with Gasteiger partial charge in [-0.3, -0.25) is 4.79 Å². The Morgan fingerprint density at radius 2 is 2.12 bits per heavy atom. The molecule has 0 spiro atoms. The number of nitrogens with one attached hydrogen (secondary N) is 1. The van der Waals surface area contributed by atoms with Gasteiger partial charge >= 0.3 is 0 Å². The van der Waals surface area contributed by atoms with Crippen LogP contribution in [0.5, 0.6) is 0 Å². The van der Waals surface area contributed by atoms with Gasteiger partial charge in [0.1, 0.15) is 5.54 Å². The molecule has 0 bridgehead atoms. The lowest BCUT2D eigenvalue weighted by atomic mass is 9.90. The number of benzene rings is 1. The van der Waals surface area contributed by atoms with E-state index in [1.54, 1.807) is 11.6 Å². The molecule has 8 heteroatoms. The van der Waals surface area contributed by atoms with Crippen LogP contribution in [0.25, 0.3) is 5.69 Å². The fraction of sp³-hybridized carbons (Fsp3) is 0.471. The van der Waals surface area contributed by atoms with Gasteiger partial charge in [-0.1, -0.05) is 31.7 Å². The lowest BCUT2D eigenvalue weighted by Crippen LogP contribution is -2.49. The third kappa shape index (κ3) is 4.37. The number of nitriles is 1. The molecule has 1 amide bonds. The highest BCUT2D eigenvalue weighted by molar-refractivity contribution is 7.99. The van der Waals surface area contributed by atoms with Crippen LogP contribution in [0.2, 0.25) is 0 Å². The third-order valence-electron chi connectivity index (χ3n) is 4.29. The summed E-state index contributed by atoms with van der Waals surface area (Å²) in [5, 5.41) is 24.3. The van der Waals surface area contributed by atoms with Crippen molar-refractivity contribution < 1.29 is 4.79 Å². The maximum absolute atomic E-state index is 12.2.